The first kappa shape index (κ1) is 18.4. The molecule has 1 aromatic rings. The van der Waals surface area contributed by atoms with E-state index in [0.29, 0.717) is 13.1 Å². The third kappa shape index (κ3) is 6.04. The Balaban J connectivity index is 0.00000361. The molecule has 0 aliphatic carbocycles. The first-order valence-corrected chi connectivity index (χ1v) is 6.35. The van der Waals surface area contributed by atoms with E-state index in [1.54, 1.807) is 6.92 Å². The largest absolute Gasteiger partial charge is 0.355 e. The lowest BCUT2D eigenvalue weighted by Gasteiger charge is -2.19. The van der Waals surface area contributed by atoms with Gasteiger partial charge in [-0.2, -0.15) is 0 Å². The molecular weight excluding hydrogens is 278 g/mol. The molecule has 1 rings (SSSR count). The summed E-state index contributed by atoms with van der Waals surface area (Å²) in [6.45, 7) is 4.07. The van der Waals surface area contributed by atoms with Gasteiger partial charge in [0.15, 0.2) is 0 Å². The summed E-state index contributed by atoms with van der Waals surface area (Å²) < 4.78 is 0. The Morgan fingerprint density at radius 2 is 1.70 bits per heavy atom. The SMILES string of the molecule is CC(=O)NCCNC(=O)C(C)C(N)c1ccccc1.Cl. The minimum Gasteiger partial charge on any atom is -0.355 e. The van der Waals surface area contributed by atoms with Crippen LogP contribution in [0.1, 0.15) is 25.5 Å². The van der Waals surface area contributed by atoms with Crippen LogP contribution in [0.5, 0.6) is 0 Å². The second-order valence-corrected chi connectivity index (χ2v) is 4.50. The third-order valence-corrected chi connectivity index (χ3v) is 2.93. The van der Waals surface area contributed by atoms with Crippen molar-refractivity contribution in [3.8, 4) is 0 Å². The molecule has 2 atom stereocenters. The highest BCUT2D eigenvalue weighted by Crippen LogP contribution is 2.18. The molecule has 6 heteroatoms. The number of amides is 2. The summed E-state index contributed by atoms with van der Waals surface area (Å²) in [4.78, 5) is 22.6. The highest BCUT2D eigenvalue weighted by Gasteiger charge is 2.21. The van der Waals surface area contributed by atoms with E-state index in [0.717, 1.165) is 5.56 Å². The second kappa shape index (κ2) is 9.34. The number of hydrogen-bond donors (Lipinski definition) is 3. The number of nitrogens with one attached hydrogen (secondary N) is 2. The third-order valence-electron chi connectivity index (χ3n) is 2.93. The Bertz CT molecular complexity index is 426. The first-order valence-electron chi connectivity index (χ1n) is 6.35. The van der Waals surface area contributed by atoms with E-state index >= 15 is 0 Å². The number of carbonyl (C=O) groups excluding carboxylic acids is 2. The summed E-state index contributed by atoms with van der Waals surface area (Å²) >= 11 is 0. The van der Waals surface area contributed by atoms with Crippen LogP contribution in [0.15, 0.2) is 30.3 Å². The standard InChI is InChI=1S/C14H21N3O2.ClH/c1-10(13(15)12-6-4-3-5-7-12)14(19)17-9-8-16-11(2)18;/h3-7,10,13H,8-9,15H2,1-2H3,(H,16,18)(H,17,19);1H. The Morgan fingerprint density at radius 1 is 1.15 bits per heavy atom. The average molecular weight is 300 g/mol. The monoisotopic (exact) mass is 299 g/mol. The van der Waals surface area contributed by atoms with E-state index in [1.807, 2.05) is 30.3 Å². The van der Waals surface area contributed by atoms with Gasteiger partial charge in [-0.05, 0) is 5.56 Å². The molecule has 0 aliphatic rings. The van der Waals surface area contributed by atoms with Gasteiger partial charge in [-0.15, -0.1) is 12.4 Å². The summed E-state index contributed by atoms with van der Waals surface area (Å²) in [6, 6.07) is 9.20. The van der Waals surface area contributed by atoms with Crippen LogP contribution in [0, 0.1) is 5.92 Å². The zero-order valence-electron chi connectivity index (χ0n) is 11.8. The van der Waals surface area contributed by atoms with Gasteiger partial charge in [0.1, 0.15) is 0 Å². The van der Waals surface area contributed by atoms with E-state index in [4.69, 9.17) is 5.73 Å². The smallest absolute Gasteiger partial charge is 0.224 e. The van der Waals surface area contributed by atoms with Crippen molar-refractivity contribution >= 4 is 24.2 Å². The van der Waals surface area contributed by atoms with E-state index in [2.05, 4.69) is 10.6 Å². The van der Waals surface area contributed by atoms with Gasteiger partial charge in [-0.1, -0.05) is 37.3 Å². The fourth-order valence-corrected chi connectivity index (χ4v) is 1.71. The minimum atomic E-state index is -0.332. The molecule has 0 heterocycles. The van der Waals surface area contributed by atoms with Crippen LogP contribution in [0.4, 0.5) is 0 Å². The van der Waals surface area contributed by atoms with Gasteiger partial charge in [0.2, 0.25) is 11.8 Å². The van der Waals surface area contributed by atoms with E-state index in [-0.39, 0.29) is 36.2 Å². The lowest BCUT2D eigenvalue weighted by molar-refractivity contribution is -0.125. The molecule has 0 fully saturated rings. The summed E-state index contributed by atoms with van der Waals surface area (Å²) in [7, 11) is 0. The van der Waals surface area contributed by atoms with Crippen molar-refractivity contribution in [3.63, 3.8) is 0 Å². The Hall–Kier alpha value is -1.59. The Kier molecular flexibility index (Phi) is 8.59. The first-order chi connectivity index (χ1) is 9.02. The zero-order chi connectivity index (χ0) is 14.3. The van der Waals surface area contributed by atoms with Crippen molar-refractivity contribution in [1.82, 2.24) is 10.6 Å². The number of halogens is 1. The number of nitrogens with two attached hydrogens (primary N) is 1. The van der Waals surface area contributed by atoms with Gasteiger partial charge >= 0.3 is 0 Å². The molecule has 0 saturated heterocycles. The fraction of sp³-hybridized carbons (Fsp3) is 0.429. The molecule has 20 heavy (non-hydrogen) atoms. The molecular formula is C14H22ClN3O2. The lowest BCUT2D eigenvalue weighted by Crippen LogP contribution is -2.39. The van der Waals surface area contributed by atoms with Gasteiger partial charge in [0.05, 0.1) is 5.92 Å². The normalized spacial score (nSPS) is 12.8. The zero-order valence-corrected chi connectivity index (χ0v) is 12.6. The van der Waals surface area contributed by atoms with Crippen molar-refractivity contribution in [3.05, 3.63) is 35.9 Å². The average Bonchev–Trinajstić information content (AvgIpc) is 2.42. The van der Waals surface area contributed by atoms with Gasteiger partial charge in [0, 0.05) is 26.1 Å². The molecule has 0 spiro atoms. The maximum atomic E-state index is 11.9. The Morgan fingerprint density at radius 3 is 2.25 bits per heavy atom. The number of rotatable bonds is 6. The van der Waals surface area contributed by atoms with E-state index in [1.165, 1.54) is 6.92 Å². The van der Waals surface area contributed by atoms with Crippen LogP contribution < -0.4 is 16.4 Å². The van der Waals surface area contributed by atoms with Gasteiger partial charge < -0.3 is 16.4 Å². The molecule has 2 unspecified atom stereocenters. The van der Waals surface area contributed by atoms with Gasteiger partial charge in [-0.3, -0.25) is 9.59 Å². The Labute approximate surface area is 125 Å². The summed E-state index contributed by atoms with van der Waals surface area (Å²) in [5.41, 5.74) is 7.00. The van der Waals surface area contributed by atoms with Crippen molar-refractivity contribution < 1.29 is 9.59 Å². The molecule has 0 radical (unpaired) electrons. The molecule has 112 valence electrons. The molecule has 0 aliphatic heterocycles. The molecule has 4 N–H and O–H groups in total. The van der Waals surface area contributed by atoms with Crippen molar-refractivity contribution in [2.24, 2.45) is 11.7 Å². The topological polar surface area (TPSA) is 84.2 Å². The van der Waals surface area contributed by atoms with E-state index < -0.39 is 0 Å². The highest BCUT2D eigenvalue weighted by molar-refractivity contribution is 5.85. The summed E-state index contributed by atoms with van der Waals surface area (Å²) in [6.07, 6.45) is 0. The summed E-state index contributed by atoms with van der Waals surface area (Å²) in [5, 5.41) is 5.37. The predicted octanol–water partition coefficient (Wildman–Crippen LogP) is 0.997. The second-order valence-electron chi connectivity index (χ2n) is 4.50. The molecule has 5 nitrogen and oxygen atoms in total. The number of benzene rings is 1. The maximum absolute atomic E-state index is 11.9. The van der Waals surface area contributed by atoms with Crippen LogP contribution in [0.2, 0.25) is 0 Å². The van der Waals surface area contributed by atoms with Crippen LogP contribution >= 0.6 is 12.4 Å². The number of carbonyl (C=O) groups is 2. The quantitative estimate of drug-likeness (QED) is 0.685. The maximum Gasteiger partial charge on any atom is 0.224 e. The molecule has 2 amide bonds. The van der Waals surface area contributed by atoms with Crippen LogP contribution in [-0.4, -0.2) is 24.9 Å². The van der Waals surface area contributed by atoms with Crippen LogP contribution in [0.25, 0.3) is 0 Å². The molecule has 0 aromatic heterocycles. The summed E-state index contributed by atoms with van der Waals surface area (Å²) in [5.74, 6) is -0.537. The van der Waals surface area contributed by atoms with Crippen LogP contribution in [-0.2, 0) is 9.59 Å². The van der Waals surface area contributed by atoms with Crippen LogP contribution in [0.3, 0.4) is 0 Å². The van der Waals surface area contributed by atoms with Crippen molar-refractivity contribution in [2.75, 3.05) is 13.1 Å². The lowest BCUT2D eigenvalue weighted by atomic mass is 9.95. The van der Waals surface area contributed by atoms with E-state index in [9.17, 15) is 9.59 Å². The van der Waals surface area contributed by atoms with Gasteiger partial charge in [0.25, 0.3) is 0 Å². The van der Waals surface area contributed by atoms with Crippen molar-refractivity contribution in [2.45, 2.75) is 19.9 Å². The molecule has 0 saturated carbocycles. The van der Waals surface area contributed by atoms with Crippen molar-refractivity contribution in [1.29, 1.82) is 0 Å². The van der Waals surface area contributed by atoms with Gasteiger partial charge in [-0.25, -0.2) is 0 Å². The minimum absolute atomic E-state index is 0. The highest BCUT2D eigenvalue weighted by atomic mass is 35.5. The fourth-order valence-electron chi connectivity index (χ4n) is 1.71. The number of hydrogen-bond acceptors (Lipinski definition) is 3. The molecule has 0 bridgehead atoms. The molecule has 1 aromatic carbocycles. The predicted molar refractivity (Wildman–Crippen MR) is 81.5 cm³/mol.